The number of carbonyl (C=O) groups is 1. The largest absolute Gasteiger partial charge is 0.457 e. The number of fused-ring (bicyclic) bond motifs is 1. The van der Waals surface area contributed by atoms with Gasteiger partial charge in [-0.05, 0) is 124 Å². The first-order valence-corrected chi connectivity index (χ1v) is 21.0. The lowest BCUT2D eigenvalue weighted by Crippen LogP contribution is -2.65. The van der Waals surface area contributed by atoms with E-state index in [4.69, 9.17) is 15.6 Å². The molecule has 4 aromatic rings. The van der Waals surface area contributed by atoms with Crippen LogP contribution in [0.1, 0.15) is 90.0 Å². The van der Waals surface area contributed by atoms with E-state index in [1.807, 2.05) is 59.3 Å². The third-order valence-corrected chi connectivity index (χ3v) is 13.7. The average molecular weight is 749 g/mol. The van der Waals surface area contributed by atoms with Crippen molar-refractivity contribution in [2.45, 2.75) is 108 Å². The summed E-state index contributed by atoms with van der Waals surface area (Å²) in [7, 11) is 0. The van der Waals surface area contributed by atoms with Crippen molar-refractivity contribution in [2.24, 2.45) is 23.2 Å². The Kier molecular flexibility index (Phi) is 10.3. The molecule has 10 rings (SSSR count). The lowest BCUT2D eigenvalue weighted by Gasteiger charge is -2.57. The number of unbranched alkanes of at least 4 members (excludes halogenated alkanes) is 1. The highest BCUT2D eigenvalue weighted by atomic mass is 19.1. The minimum absolute atomic E-state index is 0.0637. The van der Waals surface area contributed by atoms with Crippen LogP contribution in [0.2, 0.25) is 0 Å². The van der Waals surface area contributed by atoms with Crippen LogP contribution in [0.15, 0.2) is 60.9 Å². The molecule has 4 aliphatic carbocycles. The van der Waals surface area contributed by atoms with Gasteiger partial charge < -0.3 is 20.7 Å². The van der Waals surface area contributed by atoms with Crippen LogP contribution in [0.4, 0.5) is 10.2 Å². The number of rotatable bonds is 14. The molecule has 4 saturated carbocycles. The number of carbonyl (C=O) groups excluding carboxylic acids is 1. The summed E-state index contributed by atoms with van der Waals surface area (Å²) in [6.45, 7) is 5.68. The monoisotopic (exact) mass is 748 g/mol. The highest BCUT2D eigenvalue weighted by molar-refractivity contribution is 5.98. The second kappa shape index (κ2) is 15.4. The van der Waals surface area contributed by atoms with Gasteiger partial charge in [0.25, 0.3) is 0 Å². The zero-order chi connectivity index (χ0) is 37.5. The Hall–Kier alpha value is -4.09. The zero-order valence-electron chi connectivity index (χ0n) is 32.3. The molecule has 11 heteroatoms. The lowest BCUT2D eigenvalue weighted by molar-refractivity contribution is -0.147. The van der Waals surface area contributed by atoms with E-state index < -0.39 is 6.17 Å². The standard InChI is InChI=1S/C44H57FN8O2/c1-2-3-7-33(53-43-40(42(46)48-28-49-43)41(50-53)32-10-12-36(13-11-32)55-35-8-5-4-6-9-35)14-16-47-38-15-17-51(27-37(38)45)34-25-52(26-34)39(54)24-44-21-29-18-30(22-44)20-31(19-29)23-44/h4-6,8-13,28-31,33-34,37-38,47H,2-3,7,14-27H2,1H3,(H2,46,48,49). The Bertz CT molecular complexity index is 1910. The summed E-state index contributed by atoms with van der Waals surface area (Å²) >= 11 is 0. The molecular formula is C44H57FN8O2. The summed E-state index contributed by atoms with van der Waals surface area (Å²) in [5.41, 5.74) is 9.13. The van der Waals surface area contributed by atoms with Gasteiger partial charge in [0, 0.05) is 50.2 Å². The van der Waals surface area contributed by atoms with Gasteiger partial charge in [-0.2, -0.15) is 5.10 Å². The summed E-state index contributed by atoms with van der Waals surface area (Å²) in [5.74, 6) is 4.86. The number of nitrogen functional groups attached to an aromatic ring is 1. The smallest absolute Gasteiger partial charge is 0.223 e. The zero-order valence-corrected chi connectivity index (χ0v) is 32.3. The molecule has 2 aromatic carbocycles. The van der Waals surface area contributed by atoms with Crippen LogP contribution < -0.4 is 15.8 Å². The number of alkyl halides is 1. The molecule has 2 aliphatic heterocycles. The number of piperidine rings is 1. The summed E-state index contributed by atoms with van der Waals surface area (Å²) in [6, 6.07) is 17.7. The number of amides is 1. The maximum atomic E-state index is 15.8. The number of nitrogens with two attached hydrogens (primary N) is 1. The molecule has 3 atom stereocenters. The number of ether oxygens (including phenoxy) is 1. The van der Waals surface area contributed by atoms with Gasteiger partial charge in [0.05, 0.1) is 11.4 Å². The van der Waals surface area contributed by atoms with Crippen LogP contribution >= 0.6 is 0 Å². The number of aromatic nitrogens is 4. The van der Waals surface area contributed by atoms with E-state index in [0.29, 0.717) is 24.8 Å². The van der Waals surface area contributed by atoms with Gasteiger partial charge >= 0.3 is 0 Å². The van der Waals surface area contributed by atoms with Crippen molar-refractivity contribution in [2.75, 3.05) is 38.5 Å². The summed E-state index contributed by atoms with van der Waals surface area (Å²) in [5, 5.41) is 9.47. The van der Waals surface area contributed by atoms with Crippen molar-refractivity contribution in [3.8, 4) is 22.8 Å². The quantitative estimate of drug-likeness (QED) is 0.134. The molecule has 292 valence electrons. The third-order valence-electron chi connectivity index (χ3n) is 13.7. The number of nitrogens with zero attached hydrogens (tertiary/aromatic N) is 6. The Balaban J connectivity index is 0.797. The van der Waals surface area contributed by atoms with Gasteiger partial charge in [-0.15, -0.1) is 0 Å². The van der Waals surface area contributed by atoms with E-state index in [-0.39, 0.29) is 23.5 Å². The summed E-state index contributed by atoms with van der Waals surface area (Å²) < 4.78 is 23.8. The number of para-hydroxylation sites is 1. The highest BCUT2D eigenvalue weighted by Crippen LogP contribution is 2.61. The maximum Gasteiger partial charge on any atom is 0.223 e. The first-order chi connectivity index (χ1) is 26.8. The van der Waals surface area contributed by atoms with Gasteiger partial charge in [0.1, 0.15) is 35.5 Å². The van der Waals surface area contributed by atoms with Crippen LogP contribution in [0.3, 0.4) is 0 Å². The van der Waals surface area contributed by atoms with Gasteiger partial charge in [-0.3, -0.25) is 9.69 Å². The number of likely N-dealkylation sites (tertiary alicyclic amines) is 2. The van der Waals surface area contributed by atoms with E-state index >= 15 is 4.39 Å². The number of hydrogen-bond donors (Lipinski definition) is 2. The minimum atomic E-state index is -0.946. The second-order valence-corrected chi connectivity index (χ2v) is 17.7. The first kappa shape index (κ1) is 36.5. The maximum absolute atomic E-state index is 15.8. The predicted molar refractivity (Wildman–Crippen MR) is 213 cm³/mol. The van der Waals surface area contributed by atoms with E-state index in [1.165, 1.54) is 44.9 Å². The molecule has 4 heterocycles. The number of hydrogen-bond acceptors (Lipinski definition) is 8. The molecule has 6 aliphatic rings. The minimum Gasteiger partial charge on any atom is -0.457 e. The first-order valence-electron chi connectivity index (χ1n) is 21.0. The summed E-state index contributed by atoms with van der Waals surface area (Å²) in [6.07, 6.45) is 13.9. The van der Waals surface area contributed by atoms with Crippen molar-refractivity contribution in [1.82, 2.24) is 34.9 Å². The molecular weight excluding hydrogens is 692 g/mol. The number of benzene rings is 2. The van der Waals surface area contributed by atoms with Crippen LogP contribution in [0.25, 0.3) is 22.3 Å². The Morgan fingerprint density at radius 2 is 1.67 bits per heavy atom. The Labute approximate surface area is 324 Å². The van der Waals surface area contributed by atoms with Gasteiger partial charge in [0.15, 0.2) is 5.65 Å². The molecule has 0 spiro atoms. The molecule has 3 N–H and O–H groups in total. The van der Waals surface area contributed by atoms with Crippen molar-refractivity contribution in [1.29, 1.82) is 0 Å². The molecule has 1 amide bonds. The fraction of sp³-hybridized carbons (Fsp3) is 0.591. The highest BCUT2D eigenvalue weighted by Gasteiger charge is 2.52. The molecule has 10 nitrogen and oxygen atoms in total. The van der Waals surface area contributed by atoms with Crippen molar-refractivity contribution < 1.29 is 13.9 Å². The molecule has 3 unspecified atom stereocenters. The molecule has 4 bridgehead atoms. The molecule has 2 saturated heterocycles. The van der Waals surface area contributed by atoms with Crippen LogP contribution in [0.5, 0.6) is 11.5 Å². The van der Waals surface area contributed by atoms with Crippen LogP contribution in [-0.2, 0) is 4.79 Å². The molecule has 0 radical (unpaired) electrons. The Morgan fingerprint density at radius 1 is 0.964 bits per heavy atom. The van der Waals surface area contributed by atoms with Crippen molar-refractivity contribution in [3.63, 3.8) is 0 Å². The molecule has 6 fully saturated rings. The number of anilines is 1. The summed E-state index contributed by atoms with van der Waals surface area (Å²) in [4.78, 5) is 26.8. The van der Waals surface area contributed by atoms with E-state index in [1.54, 1.807) is 0 Å². The Morgan fingerprint density at radius 3 is 2.36 bits per heavy atom. The SMILES string of the molecule is CCCCC(CCNC1CCN(C2CN(C(=O)CC34CC5CC(CC(C5)C3)C4)C2)CC1F)n1nc(-c2ccc(Oc3ccccc3)cc2)c2c(N)ncnc21. The van der Waals surface area contributed by atoms with E-state index in [0.717, 1.165) is 110 Å². The normalized spacial score (nSPS) is 28.4. The van der Waals surface area contributed by atoms with Crippen molar-refractivity contribution >= 4 is 22.8 Å². The van der Waals surface area contributed by atoms with Crippen LogP contribution in [0, 0.1) is 23.2 Å². The van der Waals surface area contributed by atoms with Gasteiger partial charge in [0.2, 0.25) is 5.91 Å². The number of nitrogens with one attached hydrogen (secondary N) is 1. The topological polar surface area (TPSA) is 114 Å². The fourth-order valence-corrected chi connectivity index (χ4v) is 11.3. The second-order valence-electron chi connectivity index (χ2n) is 17.7. The molecule has 55 heavy (non-hydrogen) atoms. The van der Waals surface area contributed by atoms with Crippen molar-refractivity contribution in [3.05, 3.63) is 60.9 Å². The van der Waals surface area contributed by atoms with E-state index in [2.05, 4.69) is 32.0 Å². The van der Waals surface area contributed by atoms with Gasteiger partial charge in [-0.1, -0.05) is 38.0 Å². The predicted octanol–water partition coefficient (Wildman–Crippen LogP) is 7.81. The van der Waals surface area contributed by atoms with Crippen LogP contribution in [-0.4, -0.2) is 86.4 Å². The van der Waals surface area contributed by atoms with Gasteiger partial charge in [-0.25, -0.2) is 19.0 Å². The average Bonchev–Trinajstić information content (AvgIpc) is 3.54. The third kappa shape index (κ3) is 7.58. The van der Waals surface area contributed by atoms with E-state index in [9.17, 15) is 4.79 Å². The fourth-order valence-electron chi connectivity index (χ4n) is 11.3. The lowest BCUT2D eigenvalue weighted by atomic mass is 9.49. The number of halogens is 1. The molecule has 2 aromatic heterocycles.